The Morgan fingerprint density at radius 3 is 2.20 bits per heavy atom. The molecule has 1 heterocycles. The van der Waals surface area contributed by atoms with Crippen molar-refractivity contribution in [3.8, 4) is 17.6 Å². The van der Waals surface area contributed by atoms with Crippen LogP contribution in [-0.4, -0.2) is 16.6 Å². The number of aromatic nitrogens is 2. The molecule has 0 saturated heterocycles. The Morgan fingerprint density at radius 1 is 0.800 bits per heavy atom. The minimum atomic E-state index is -1.56. The van der Waals surface area contributed by atoms with Crippen molar-refractivity contribution in [2.75, 3.05) is 6.61 Å². The van der Waals surface area contributed by atoms with Crippen LogP contribution in [0.1, 0.15) is 35.9 Å². The molecule has 8 heteroatoms. The van der Waals surface area contributed by atoms with Crippen LogP contribution in [-0.2, 0) is 12.8 Å². The van der Waals surface area contributed by atoms with Gasteiger partial charge in [0.05, 0.1) is 24.6 Å². The van der Waals surface area contributed by atoms with E-state index in [0.29, 0.717) is 36.6 Å². The van der Waals surface area contributed by atoms with E-state index in [4.69, 9.17) is 4.74 Å². The summed E-state index contributed by atoms with van der Waals surface area (Å²) in [6.07, 6.45) is 4.67. The first-order valence-electron chi connectivity index (χ1n) is 10.9. The molecule has 178 valence electrons. The van der Waals surface area contributed by atoms with Gasteiger partial charge in [0, 0.05) is 17.4 Å². The molecule has 0 bridgehead atoms. The maximum absolute atomic E-state index is 14.6. The highest BCUT2D eigenvalue weighted by molar-refractivity contribution is 5.84. The van der Waals surface area contributed by atoms with Crippen LogP contribution < -0.4 is 4.74 Å². The first kappa shape index (κ1) is 24.1. The van der Waals surface area contributed by atoms with Crippen molar-refractivity contribution in [3.63, 3.8) is 0 Å². The lowest BCUT2D eigenvalue weighted by Crippen LogP contribution is -2.02. The monoisotopic (exact) mass is 482 g/mol. The average molecular weight is 482 g/mol. The van der Waals surface area contributed by atoms with E-state index < -0.39 is 34.6 Å². The largest absolute Gasteiger partial charge is 0.490 e. The molecule has 35 heavy (non-hydrogen) atoms. The van der Waals surface area contributed by atoms with Gasteiger partial charge < -0.3 is 4.74 Å². The minimum absolute atomic E-state index is 0.0802. The molecule has 3 nitrogen and oxygen atoms in total. The fraction of sp³-hybridized carbons (Fsp3) is 0.185. The SMILES string of the molecule is CCCOc1cnc(CCc2cc(F)c(C#Cc3ccc4c(F)c(F)c(F)cc4c3)c(F)c2)nc1. The van der Waals surface area contributed by atoms with E-state index >= 15 is 0 Å². The third-order valence-corrected chi connectivity index (χ3v) is 5.20. The van der Waals surface area contributed by atoms with Gasteiger partial charge >= 0.3 is 0 Å². The molecule has 4 aromatic rings. The lowest BCUT2D eigenvalue weighted by atomic mass is 10.0. The van der Waals surface area contributed by atoms with Crippen molar-refractivity contribution in [3.05, 3.63) is 100 Å². The lowest BCUT2D eigenvalue weighted by Gasteiger charge is -2.06. The highest BCUT2D eigenvalue weighted by atomic mass is 19.2. The van der Waals surface area contributed by atoms with Crippen LogP contribution in [0.3, 0.4) is 0 Å². The fourth-order valence-corrected chi connectivity index (χ4v) is 3.43. The number of fused-ring (bicyclic) bond motifs is 1. The van der Waals surface area contributed by atoms with Gasteiger partial charge in [0.1, 0.15) is 17.5 Å². The van der Waals surface area contributed by atoms with E-state index in [2.05, 4.69) is 21.8 Å². The summed E-state index contributed by atoms with van der Waals surface area (Å²) in [5.41, 5.74) is 0.243. The highest BCUT2D eigenvalue weighted by Gasteiger charge is 2.14. The lowest BCUT2D eigenvalue weighted by molar-refractivity contribution is 0.314. The minimum Gasteiger partial charge on any atom is -0.490 e. The predicted molar refractivity (Wildman–Crippen MR) is 121 cm³/mol. The van der Waals surface area contributed by atoms with Gasteiger partial charge in [0.15, 0.2) is 23.2 Å². The van der Waals surface area contributed by atoms with Crippen molar-refractivity contribution in [2.24, 2.45) is 0 Å². The number of benzene rings is 3. The molecule has 0 atom stereocenters. The quantitative estimate of drug-likeness (QED) is 0.184. The first-order chi connectivity index (χ1) is 16.9. The molecule has 1 aromatic heterocycles. The van der Waals surface area contributed by atoms with Crippen LogP contribution in [0.2, 0.25) is 0 Å². The zero-order valence-electron chi connectivity index (χ0n) is 18.6. The smallest absolute Gasteiger partial charge is 0.195 e. The molecule has 0 saturated carbocycles. The van der Waals surface area contributed by atoms with Crippen LogP contribution in [0.15, 0.2) is 48.8 Å². The summed E-state index contributed by atoms with van der Waals surface area (Å²) in [5, 5.41) is -0.0417. The molecule has 0 spiro atoms. The number of hydrogen-bond donors (Lipinski definition) is 0. The van der Waals surface area contributed by atoms with Crippen molar-refractivity contribution in [1.29, 1.82) is 0 Å². The molecular weight excluding hydrogens is 463 g/mol. The Kier molecular flexibility index (Phi) is 7.25. The van der Waals surface area contributed by atoms with Crippen molar-refractivity contribution in [2.45, 2.75) is 26.2 Å². The van der Waals surface area contributed by atoms with E-state index in [1.54, 1.807) is 12.4 Å². The summed E-state index contributed by atoms with van der Waals surface area (Å²) in [7, 11) is 0. The average Bonchev–Trinajstić information content (AvgIpc) is 2.85. The maximum Gasteiger partial charge on any atom is 0.195 e. The molecule has 4 rings (SSSR count). The van der Waals surface area contributed by atoms with E-state index in [1.165, 1.54) is 30.3 Å². The third-order valence-electron chi connectivity index (χ3n) is 5.20. The Morgan fingerprint density at radius 2 is 1.51 bits per heavy atom. The summed E-state index contributed by atoms with van der Waals surface area (Å²) in [6, 6.07) is 7.14. The van der Waals surface area contributed by atoms with Crippen molar-refractivity contribution in [1.82, 2.24) is 9.97 Å². The molecule has 0 aliphatic carbocycles. The van der Waals surface area contributed by atoms with Gasteiger partial charge in [-0.15, -0.1) is 0 Å². The number of rotatable bonds is 6. The summed E-state index contributed by atoms with van der Waals surface area (Å²) >= 11 is 0. The Balaban J connectivity index is 1.49. The second-order valence-electron chi connectivity index (χ2n) is 7.79. The summed E-state index contributed by atoms with van der Waals surface area (Å²) < 4.78 is 75.3. The van der Waals surface area contributed by atoms with Gasteiger partial charge in [-0.1, -0.05) is 24.8 Å². The number of aryl methyl sites for hydroxylation is 2. The van der Waals surface area contributed by atoms with E-state index in [-0.39, 0.29) is 16.3 Å². The molecule has 0 aliphatic heterocycles. The van der Waals surface area contributed by atoms with Crippen molar-refractivity contribution < 1.29 is 26.7 Å². The van der Waals surface area contributed by atoms with Crippen molar-refractivity contribution >= 4 is 10.8 Å². The summed E-state index contributed by atoms with van der Waals surface area (Å²) in [6.45, 7) is 2.55. The molecule has 3 aromatic carbocycles. The molecular formula is C27H19F5N2O. The van der Waals surface area contributed by atoms with Crippen LogP contribution in [0, 0.1) is 40.9 Å². The van der Waals surface area contributed by atoms with Crippen LogP contribution in [0.25, 0.3) is 10.8 Å². The van der Waals surface area contributed by atoms with E-state index in [9.17, 15) is 22.0 Å². The Labute approximate surface area is 198 Å². The number of ether oxygens (including phenoxy) is 1. The van der Waals surface area contributed by atoms with Crippen LogP contribution >= 0.6 is 0 Å². The number of nitrogens with zero attached hydrogens (tertiary/aromatic N) is 2. The maximum atomic E-state index is 14.6. The van der Waals surface area contributed by atoms with Crippen LogP contribution in [0.5, 0.6) is 5.75 Å². The standard InChI is InChI=1S/C27H19F5N2O/c1-2-9-35-19-14-33-25(34-15-19)8-5-17-11-22(28)21(23(29)12-17)7-4-16-3-6-20-18(10-16)13-24(30)27(32)26(20)31/h3,6,10-15H,2,5,8-9H2,1H3. The highest BCUT2D eigenvalue weighted by Crippen LogP contribution is 2.24. The first-order valence-corrected chi connectivity index (χ1v) is 10.9. The number of hydrogen-bond acceptors (Lipinski definition) is 3. The van der Waals surface area contributed by atoms with E-state index in [1.807, 2.05) is 6.92 Å². The Bertz CT molecular complexity index is 1420. The third kappa shape index (κ3) is 5.57. The van der Waals surface area contributed by atoms with Gasteiger partial charge in [0.25, 0.3) is 0 Å². The Hall–Kier alpha value is -3.99. The molecule has 0 amide bonds. The zero-order valence-corrected chi connectivity index (χ0v) is 18.6. The second kappa shape index (κ2) is 10.5. The van der Waals surface area contributed by atoms with E-state index in [0.717, 1.165) is 12.5 Å². The van der Waals surface area contributed by atoms with Gasteiger partial charge in [-0.05, 0) is 54.1 Å². The predicted octanol–water partition coefficient (Wildman–Crippen LogP) is 6.30. The summed E-state index contributed by atoms with van der Waals surface area (Å²) in [5.74, 6) is 0.209. The van der Waals surface area contributed by atoms with Gasteiger partial charge in [0.2, 0.25) is 0 Å². The second-order valence-corrected chi connectivity index (χ2v) is 7.79. The topological polar surface area (TPSA) is 35.0 Å². The van der Waals surface area contributed by atoms with Crippen LogP contribution in [0.4, 0.5) is 22.0 Å². The summed E-state index contributed by atoms with van der Waals surface area (Å²) in [4.78, 5) is 8.39. The molecule has 0 aliphatic rings. The molecule has 0 N–H and O–H groups in total. The van der Waals surface area contributed by atoms with Gasteiger partial charge in [-0.25, -0.2) is 31.9 Å². The fourth-order valence-electron chi connectivity index (χ4n) is 3.43. The van der Waals surface area contributed by atoms with Gasteiger partial charge in [-0.2, -0.15) is 0 Å². The normalized spacial score (nSPS) is 10.8. The molecule has 0 unspecified atom stereocenters. The number of halogens is 5. The zero-order chi connectivity index (χ0) is 24.9. The molecule has 0 fully saturated rings. The van der Waals surface area contributed by atoms with Gasteiger partial charge in [-0.3, -0.25) is 0 Å². The molecule has 0 radical (unpaired) electrons.